The molecule has 0 aromatic carbocycles. The highest BCUT2D eigenvalue weighted by atomic mass is 16.4. The van der Waals surface area contributed by atoms with Crippen LogP contribution in [-0.2, 0) is 9.59 Å². The summed E-state index contributed by atoms with van der Waals surface area (Å²) >= 11 is 0. The van der Waals surface area contributed by atoms with E-state index in [1.165, 1.54) is 0 Å². The second-order valence-corrected chi connectivity index (χ2v) is 4.70. The highest BCUT2D eigenvalue weighted by Gasteiger charge is 2.49. The average Bonchev–Trinajstić information content (AvgIpc) is 3.06. The summed E-state index contributed by atoms with van der Waals surface area (Å²) in [6.07, 6.45) is 2.76. The number of carbonyl (C=O) groups is 2. The van der Waals surface area contributed by atoms with Crippen LogP contribution in [0.2, 0.25) is 0 Å². The number of aliphatic hydroxyl groups is 1. The van der Waals surface area contributed by atoms with E-state index in [2.05, 4.69) is 5.32 Å². The van der Waals surface area contributed by atoms with Crippen LogP contribution in [0.5, 0.6) is 0 Å². The maximum Gasteiger partial charge on any atom is 0.313 e. The highest BCUT2D eigenvalue weighted by Crippen LogP contribution is 2.43. The van der Waals surface area contributed by atoms with Gasteiger partial charge in [-0.05, 0) is 25.3 Å². The lowest BCUT2D eigenvalue weighted by Gasteiger charge is -2.38. The molecule has 17 heavy (non-hydrogen) atoms. The van der Waals surface area contributed by atoms with E-state index in [9.17, 15) is 15.0 Å². The van der Waals surface area contributed by atoms with Gasteiger partial charge in [0.25, 0.3) is 6.47 Å². The molecule has 0 aromatic rings. The number of hydrogen-bond donors (Lipinski definition) is 4. The van der Waals surface area contributed by atoms with Crippen molar-refractivity contribution in [2.24, 2.45) is 11.3 Å². The molecule has 2 aliphatic rings. The lowest BCUT2D eigenvalue weighted by atomic mass is 9.74. The first-order valence-corrected chi connectivity index (χ1v) is 5.77. The number of rotatable bonds is 3. The molecule has 1 heterocycles. The molecule has 98 valence electrons. The van der Waals surface area contributed by atoms with Gasteiger partial charge >= 0.3 is 5.97 Å². The zero-order chi connectivity index (χ0) is 12.9. The molecule has 1 saturated heterocycles. The molecule has 2 rings (SSSR count). The minimum atomic E-state index is -0.917. The van der Waals surface area contributed by atoms with Gasteiger partial charge in [-0.15, -0.1) is 0 Å². The van der Waals surface area contributed by atoms with Crippen molar-refractivity contribution in [2.45, 2.75) is 31.8 Å². The molecule has 0 spiro atoms. The maximum absolute atomic E-state index is 11.2. The quantitative estimate of drug-likeness (QED) is 0.518. The Hall–Kier alpha value is -1.14. The van der Waals surface area contributed by atoms with Crippen LogP contribution in [0.15, 0.2) is 0 Å². The van der Waals surface area contributed by atoms with Crippen molar-refractivity contribution < 1.29 is 24.9 Å². The Labute approximate surface area is 99.6 Å². The van der Waals surface area contributed by atoms with Crippen molar-refractivity contribution >= 4 is 12.4 Å². The third kappa shape index (κ3) is 3.41. The van der Waals surface area contributed by atoms with E-state index in [-0.39, 0.29) is 6.47 Å². The summed E-state index contributed by atoms with van der Waals surface area (Å²) in [5.74, 6) is -0.315. The van der Waals surface area contributed by atoms with Gasteiger partial charge in [0, 0.05) is 6.54 Å². The van der Waals surface area contributed by atoms with E-state index < -0.39 is 17.5 Å². The largest absolute Gasteiger partial charge is 0.483 e. The Morgan fingerprint density at radius 1 is 1.41 bits per heavy atom. The number of aliphatic carboxylic acids is 1. The predicted octanol–water partition coefficient (Wildman–Crippen LogP) is -0.0875. The molecule has 4 N–H and O–H groups in total. The minimum Gasteiger partial charge on any atom is -0.483 e. The molecule has 0 aromatic heterocycles. The van der Waals surface area contributed by atoms with E-state index in [0.717, 1.165) is 19.4 Å². The summed E-state index contributed by atoms with van der Waals surface area (Å²) in [6.45, 7) is 0.890. The lowest BCUT2D eigenvalue weighted by Crippen LogP contribution is -2.54. The van der Waals surface area contributed by atoms with Crippen LogP contribution in [-0.4, -0.2) is 47.0 Å². The Morgan fingerprint density at radius 2 is 2.00 bits per heavy atom. The molecule has 2 atom stereocenters. The van der Waals surface area contributed by atoms with Crippen LogP contribution in [0.1, 0.15) is 25.7 Å². The molecule has 0 radical (unpaired) electrons. The second-order valence-electron chi connectivity index (χ2n) is 4.70. The monoisotopic (exact) mass is 245 g/mol. The van der Waals surface area contributed by atoms with Crippen LogP contribution >= 0.6 is 0 Å². The molecule has 0 unspecified atom stereocenters. The number of carboxylic acid groups (broad SMARTS) is 2. The van der Waals surface area contributed by atoms with E-state index >= 15 is 0 Å². The summed E-state index contributed by atoms with van der Waals surface area (Å²) in [5.41, 5.74) is -0.917. The van der Waals surface area contributed by atoms with E-state index in [4.69, 9.17) is 9.90 Å². The van der Waals surface area contributed by atoms with Crippen LogP contribution < -0.4 is 5.32 Å². The molecular weight excluding hydrogens is 226 g/mol. The van der Waals surface area contributed by atoms with Crippen LogP contribution in [0, 0.1) is 11.3 Å². The molecule has 1 aliphatic carbocycles. The third-order valence-corrected chi connectivity index (χ3v) is 3.45. The van der Waals surface area contributed by atoms with Gasteiger partial charge in [0.15, 0.2) is 0 Å². The van der Waals surface area contributed by atoms with Gasteiger partial charge in [-0.25, -0.2) is 0 Å². The van der Waals surface area contributed by atoms with Crippen molar-refractivity contribution in [3.63, 3.8) is 0 Å². The molecule has 0 bridgehead atoms. The van der Waals surface area contributed by atoms with Crippen molar-refractivity contribution in [1.82, 2.24) is 5.32 Å². The van der Waals surface area contributed by atoms with Gasteiger partial charge < -0.3 is 20.6 Å². The fourth-order valence-electron chi connectivity index (χ4n) is 2.30. The van der Waals surface area contributed by atoms with Gasteiger partial charge in [0.2, 0.25) is 0 Å². The summed E-state index contributed by atoms with van der Waals surface area (Å²) in [7, 11) is 0. The van der Waals surface area contributed by atoms with Gasteiger partial charge in [-0.2, -0.15) is 0 Å². The number of hydrogen-bond acceptors (Lipinski definition) is 4. The smallest absolute Gasteiger partial charge is 0.313 e. The number of piperidine rings is 1. The Balaban J connectivity index is 0.000000437. The first-order chi connectivity index (χ1) is 8.06. The normalized spacial score (nSPS) is 32.2. The van der Waals surface area contributed by atoms with Gasteiger partial charge in [0.1, 0.15) is 5.41 Å². The molecule has 6 heteroatoms. The van der Waals surface area contributed by atoms with Crippen molar-refractivity contribution in [2.75, 3.05) is 13.1 Å². The number of nitrogens with one attached hydrogen (secondary N) is 1. The molecule has 1 aliphatic heterocycles. The minimum absolute atomic E-state index is 0.250. The summed E-state index contributed by atoms with van der Waals surface area (Å²) in [4.78, 5) is 19.6. The predicted molar refractivity (Wildman–Crippen MR) is 59.6 cm³/mol. The zero-order valence-electron chi connectivity index (χ0n) is 9.63. The molecule has 6 nitrogen and oxygen atoms in total. The Bertz CT molecular complexity index is 279. The van der Waals surface area contributed by atoms with Crippen LogP contribution in [0.25, 0.3) is 0 Å². The Morgan fingerprint density at radius 3 is 2.41 bits per heavy atom. The Kier molecular flexibility index (Phi) is 4.89. The zero-order valence-corrected chi connectivity index (χ0v) is 9.63. The molecule has 0 amide bonds. The highest BCUT2D eigenvalue weighted by molar-refractivity contribution is 5.76. The SMILES string of the molecule is O=C(O)[C@@]1(CC2CC2)CNCC[C@H]1O.O=CO. The van der Waals surface area contributed by atoms with Crippen molar-refractivity contribution in [3.05, 3.63) is 0 Å². The fraction of sp³-hybridized carbons (Fsp3) is 0.818. The van der Waals surface area contributed by atoms with Crippen LogP contribution in [0.4, 0.5) is 0 Å². The van der Waals surface area contributed by atoms with Crippen molar-refractivity contribution in [1.29, 1.82) is 0 Å². The average molecular weight is 245 g/mol. The van der Waals surface area contributed by atoms with Gasteiger partial charge in [-0.3, -0.25) is 9.59 Å². The maximum atomic E-state index is 11.2. The second kappa shape index (κ2) is 5.97. The first-order valence-electron chi connectivity index (χ1n) is 5.77. The first kappa shape index (κ1) is 13.9. The van der Waals surface area contributed by atoms with E-state index in [1.807, 2.05) is 0 Å². The van der Waals surface area contributed by atoms with Crippen LogP contribution in [0.3, 0.4) is 0 Å². The number of aliphatic hydroxyl groups excluding tert-OH is 1. The van der Waals surface area contributed by atoms with Crippen molar-refractivity contribution in [3.8, 4) is 0 Å². The van der Waals surface area contributed by atoms with Gasteiger partial charge in [-0.1, -0.05) is 12.8 Å². The topological polar surface area (TPSA) is 107 Å². The molecule has 2 fully saturated rings. The third-order valence-electron chi connectivity index (χ3n) is 3.45. The lowest BCUT2D eigenvalue weighted by molar-refractivity contribution is -0.159. The van der Waals surface area contributed by atoms with Gasteiger partial charge in [0.05, 0.1) is 6.10 Å². The summed E-state index contributed by atoms with van der Waals surface area (Å²) in [5, 5.41) is 29.1. The van der Waals surface area contributed by atoms with E-state index in [1.54, 1.807) is 0 Å². The standard InChI is InChI=1S/C10H17NO3.CH2O2/c12-8-3-4-11-6-10(8,9(13)14)5-7-1-2-7;2-1-3/h7-8,11-12H,1-6H2,(H,13,14);1H,(H,2,3)/t8-,10+;/m1./s1. The molecule has 1 saturated carbocycles. The van der Waals surface area contributed by atoms with E-state index in [0.29, 0.717) is 25.3 Å². The summed E-state index contributed by atoms with van der Waals surface area (Å²) < 4.78 is 0. The number of carboxylic acids is 1. The summed E-state index contributed by atoms with van der Waals surface area (Å²) in [6, 6.07) is 0. The fourth-order valence-corrected chi connectivity index (χ4v) is 2.30. The molecular formula is C11H19NO5.